The van der Waals surface area contributed by atoms with E-state index in [0.717, 1.165) is 25.7 Å². The van der Waals surface area contributed by atoms with Crippen molar-refractivity contribution in [3.63, 3.8) is 0 Å². The quantitative estimate of drug-likeness (QED) is 0.757. The Morgan fingerprint density at radius 2 is 1.83 bits per heavy atom. The van der Waals surface area contributed by atoms with Crippen LogP contribution in [0.25, 0.3) is 0 Å². The van der Waals surface area contributed by atoms with E-state index in [1.54, 1.807) is 0 Å². The largest absolute Gasteiger partial charge is 0.381 e. The SMILES string of the molecule is CNCC1(CN(C)C(C)CC(C)C)CCOCC1. The molecule has 0 amide bonds. The number of rotatable bonds is 7. The van der Waals surface area contributed by atoms with E-state index in [0.29, 0.717) is 11.5 Å². The molecule has 1 N–H and O–H groups in total. The average Bonchev–Trinajstić information content (AvgIpc) is 2.29. The summed E-state index contributed by atoms with van der Waals surface area (Å²) in [5.74, 6) is 0.775. The number of hydrogen-bond acceptors (Lipinski definition) is 3. The normalized spacial score (nSPS) is 21.5. The van der Waals surface area contributed by atoms with Crippen LogP contribution in [-0.4, -0.2) is 51.3 Å². The van der Waals surface area contributed by atoms with Crippen molar-refractivity contribution in [2.24, 2.45) is 11.3 Å². The van der Waals surface area contributed by atoms with Gasteiger partial charge in [-0.05, 0) is 51.6 Å². The minimum atomic E-state index is 0.410. The topological polar surface area (TPSA) is 24.5 Å². The third-order valence-electron chi connectivity index (χ3n) is 4.26. The minimum Gasteiger partial charge on any atom is -0.381 e. The van der Waals surface area contributed by atoms with Gasteiger partial charge in [-0.1, -0.05) is 13.8 Å². The van der Waals surface area contributed by atoms with Crippen LogP contribution in [0.4, 0.5) is 0 Å². The fraction of sp³-hybridized carbons (Fsp3) is 1.00. The first-order valence-electron chi connectivity index (χ1n) is 7.42. The van der Waals surface area contributed by atoms with Crippen LogP contribution in [0.5, 0.6) is 0 Å². The molecule has 1 atom stereocenters. The van der Waals surface area contributed by atoms with Crippen molar-refractivity contribution in [2.75, 3.05) is 40.4 Å². The predicted molar refractivity (Wildman–Crippen MR) is 78.0 cm³/mol. The third-order valence-corrected chi connectivity index (χ3v) is 4.26. The molecule has 3 nitrogen and oxygen atoms in total. The smallest absolute Gasteiger partial charge is 0.0472 e. The number of ether oxygens (including phenoxy) is 1. The molecule has 3 heteroatoms. The summed E-state index contributed by atoms with van der Waals surface area (Å²) >= 11 is 0. The van der Waals surface area contributed by atoms with E-state index < -0.39 is 0 Å². The second-order valence-electron chi connectivity index (χ2n) is 6.54. The highest BCUT2D eigenvalue weighted by molar-refractivity contribution is 4.87. The van der Waals surface area contributed by atoms with Gasteiger partial charge in [0.15, 0.2) is 0 Å². The molecule has 1 aliphatic heterocycles. The van der Waals surface area contributed by atoms with Gasteiger partial charge in [0, 0.05) is 32.3 Å². The van der Waals surface area contributed by atoms with Crippen molar-refractivity contribution in [1.29, 1.82) is 0 Å². The molecule has 1 fully saturated rings. The highest BCUT2D eigenvalue weighted by atomic mass is 16.5. The lowest BCUT2D eigenvalue weighted by Gasteiger charge is -2.42. The third kappa shape index (κ3) is 4.87. The molecule has 0 aromatic carbocycles. The highest BCUT2D eigenvalue weighted by Gasteiger charge is 2.33. The zero-order chi connectivity index (χ0) is 13.6. The van der Waals surface area contributed by atoms with Crippen molar-refractivity contribution in [1.82, 2.24) is 10.2 Å². The summed E-state index contributed by atoms with van der Waals surface area (Å²) in [7, 11) is 4.34. The summed E-state index contributed by atoms with van der Waals surface area (Å²) in [6.45, 7) is 11.1. The Morgan fingerprint density at radius 1 is 1.22 bits per heavy atom. The Hall–Kier alpha value is -0.120. The Bertz CT molecular complexity index is 219. The Balaban J connectivity index is 2.54. The molecule has 1 heterocycles. The van der Waals surface area contributed by atoms with Crippen LogP contribution in [0, 0.1) is 11.3 Å². The summed E-state index contributed by atoms with van der Waals surface area (Å²) < 4.78 is 5.53. The van der Waals surface area contributed by atoms with Crippen molar-refractivity contribution in [3.8, 4) is 0 Å². The molecule has 0 aromatic rings. The molecule has 0 spiro atoms. The number of hydrogen-bond donors (Lipinski definition) is 1. The summed E-state index contributed by atoms with van der Waals surface area (Å²) in [6, 6.07) is 0.668. The summed E-state index contributed by atoms with van der Waals surface area (Å²) in [5, 5.41) is 3.38. The molecule has 1 rings (SSSR count). The van der Waals surface area contributed by atoms with Crippen molar-refractivity contribution in [3.05, 3.63) is 0 Å². The molecule has 0 aliphatic carbocycles. The van der Waals surface area contributed by atoms with Gasteiger partial charge < -0.3 is 15.0 Å². The molecule has 0 aromatic heterocycles. The zero-order valence-corrected chi connectivity index (χ0v) is 13.0. The second kappa shape index (κ2) is 7.46. The van der Waals surface area contributed by atoms with E-state index in [1.165, 1.54) is 25.8 Å². The summed E-state index contributed by atoms with van der Waals surface area (Å²) in [4.78, 5) is 2.54. The first-order chi connectivity index (χ1) is 8.49. The maximum Gasteiger partial charge on any atom is 0.0472 e. The summed E-state index contributed by atoms with van der Waals surface area (Å²) in [5.41, 5.74) is 0.410. The van der Waals surface area contributed by atoms with E-state index in [9.17, 15) is 0 Å². The van der Waals surface area contributed by atoms with E-state index >= 15 is 0 Å². The standard InChI is InChI=1S/C15H32N2O/c1-13(2)10-14(3)17(5)12-15(11-16-4)6-8-18-9-7-15/h13-14,16H,6-12H2,1-5H3. The molecule has 18 heavy (non-hydrogen) atoms. The van der Waals surface area contributed by atoms with Gasteiger partial charge in [0.05, 0.1) is 0 Å². The fourth-order valence-electron chi connectivity index (χ4n) is 3.12. The van der Waals surface area contributed by atoms with E-state index in [4.69, 9.17) is 4.74 Å². The van der Waals surface area contributed by atoms with Crippen LogP contribution < -0.4 is 5.32 Å². The van der Waals surface area contributed by atoms with Crippen LogP contribution in [-0.2, 0) is 4.74 Å². The van der Waals surface area contributed by atoms with Gasteiger partial charge in [-0.15, -0.1) is 0 Å². The average molecular weight is 256 g/mol. The molecule has 0 saturated carbocycles. The lowest BCUT2D eigenvalue weighted by molar-refractivity contribution is -0.00593. The first-order valence-corrected chi connectivity index (χ1v) is 7.42. The fourth-order valence-corrected chi connectivity index (χ4v) is 3.12. The van der Waals surface area contributed by atoms with Gasteiger partial charge in [0.1, 0.15) is 0 Å². The van der Waals surface area contributed by atoms with E-state index in [-0.39, 0.29) is 0 Å². The first kappa shape index (κ1) is 15.9. The maximum absolute atomic E-state index is 5.53. The highest BCUT2D eigenvalue weighted by Crippen LogP contribution is 2.31. The van der Waals surface area contributed by atoms with Gasteiger partial charge >= 0.3 is 0 Å². The monoisotopic (exact) mass is 256 g/mol. The van der Waals surface area contributed by atoms with Crippen LogP contribution in [0.1, 0.15) is 40.0 Å². The van der Waals surface area contributed by atoms with Crippen molar-refractivity contribution in [2.45, 2.75) is 46.1 Å². The minimum absolute atomic E-state index is 0.410. The van der Waals surface area contributed by atoms with Crippen LogP contribution in [0.2, 0.25) is 0 Å². The zero-order valence-electron chi connectivity index (χ0n) is 13.0. The van der Waals surface area contributed by atoms with Crippen molar-refractivity contribution >= 4 is 0 Å². The van der Waals surface area contributed by atoms with Gasteiger partial charge in [0.25, 0.3) is 0 Å². The molecular weight excluding hydrogens is 224 g/mol. The number of nitrogens with one attached hydrogen (secondary N) is 1. The Kier molecular flexibility index (Phi) is 6.61. The molecule has 1 unspecified atom stereocenters. The van der Waals surface area contributed by atoms with Crippen LogP contribution in [0.3, 0.4) is 0 Å². The lowest BCUT2D eigenvalue weighted by Crippen LogP contribution is -2.48. The molecular formula is C15H32N2O. The lowest BCUT2D eigenvalue weighted by atomic mass is 9.79. The van der Waals surface area contributed by atoms with E-state index in [2.05, 4.69) is 45.1 Å². The Labute approximate surface area is 113 Å². The van der Waals surface area contributed by atoms with Gasteiger partial charge in [-0.3, -0.25) is 0 Å². The Morgan fingerprint density at radius 3 is 2.33 bits per heavy atom. The van der Waals surface area contributed by atoms with Crippen LogP contribution >= 0.6 is 0 Å². The molecule has 1 saturated heterocycles. The van der Waals surface area contributed by atoms with E-state index in [1.807, 2.05) is 0 Å². The van der Waals surface area contributed by atoms with Crippen molar-refractivity contribution < 1.29 is 4.74 Å². The molecule has 108 valence electrons. The molecule has 1 aliphatic rings. The summed E-state index contributed by atoms with van der Waals surface area (Å²) in [6.07, 6.45) is 3.65. The molecule has 0 bridgehead atoms. The van der Waals surface area contributed by atoms with Crippen LogP contribution in [0.15, 0.2) is 0 Å². The van der Waals surface area contributed by atoms with Gasteiger partial charge in [-0.2, -0.15) is 0 Å². The van der Waals surface area contributed by atoms with Gasteiger partial charge in [0.2, 0.25) is 0 Å². The second-order valence-corrected chi connectivity index (χ2v) is 6.54. The predicted octanol–water partition coefficient (Wildman–Crippen LogP) is 2.37. The molecule has 0 radical (unpaired) electrons. The maximum atomic E-state index is 5.53. The van der Waals surface area contributed by atoms with Gasteiger partial charge in [-0.25, -0.2) is 0 Å². The number of nitrogens with zero attached hydrogens (tertiary/aromatic N) is 1.